The maximum Gasteiger partial charge on any atom is 0.244 e. The molecule has 2 amide bonds. The van der Waals surface area contributed by atoms with E-state index in [1.165, 1.54) is 0 Å². The Bertz CT molecular complexity index is 1360. The summed E-state index contributed by atoms with van der Waals surface area (Å²) >= 11 is 0. The van der Waals surface area contributed by atoms with E-state index in [-0.39, 0.29) is 24.3 Å². The fourth-order valence-electron chi connectivity index (χ4n) is 4.67. The molecule has 0 bridgehead atoms. The van der Waals surface area contributed by atoms with Crippen molar-refractivity contribution in [3.63, 3.8) is 0 Å². The number of H-pyrrole nitrogens is 1. The van der Waals surface area contributed by atoms with E-state index < -0.39 is 6.04 Å². The van der Waals surface area contributed by atoms with Crippen molar-refractivity contribution in [2.75, 3.05) is 30.4 Å². The van der Waals surface area contributed by atoms with Crippen LogP contribution in [-0.2, 0) is 9.59 Å². The molecule has 1 aliphatic rings. The van der Waals surface area contributed by atoms with Gasteiger partial charge in [0.15, 0.2) is 0 Å². The lowest BCUT2D eigenvalue weighted by Gasteiger charge is -2.31. The van der Waals surface area contributed by atoms with Gasteiger partial charge in [0.25, 0.3) is 0 Å². The SMILES string of the molecule is COc1ccc([C@@H](CN[C@H](C)C(=O)N2CC(=O)Nc3ccccc32)c2c[nH]c3ccccc23)cc1. The van der Waals surface area contributed by atoms with Gasteiger partial charge in [0, 0.05) is 29.6 Å². The predicted molar refractivity (Wildman–Crippen MR) is 138 cm³/mol. The molecule has 0 fully saturated rings. The number of fused-ring (bicyclic) bond motifs is 2. The second-order valence-electron chi connectivity index (χ2n) is 8.73. The Balaban J connectivity index is 1.40. The van der Waals surface area contributed by atoms with Crippen molar-refractivity contribution in [3.8, 4) is 5.75 Å². The van der Waals surface area contributed by atoms with E-state index in [2.05, 4.69) is 39.9 Å². The largest absolute Gasteiger partial charge is 0.497 e. The van der Waals surface area contributed by atoms with Gasteiger partial charge in [-0.15, -0.1) is 0 Å². The Labute approximate surface area is 204 Å². The van der Waals surface area contributed by atoms with E-state index in [4.69, 9.17) is 4.74 Å². The van der Waals surface area contributed by atoms with E-state index in [0.29, 0.717) is 17.9 Å². The number of nitrogens with one attached hydrogen (secondary N) is 3. The van der Waals surface area contributed by atoms with Gasteiger partial charge >= 0.3 is 0 Å². The number of rotatable bonds is 7. The second kappa shape index (κ2) is 9.64. The maximum absolute atomic E-state index is 13.4. The van der Waals surface area contributed by atoms with Crippen molar-refractivity contribution in [1.29, 1.82) is 0 Å². The minimum Gasteiger partial charge on any atom is -0.497 e. The number of methoxy groups -OCH3 is 1. The molecule has 0 saturated heterocycles. The first-order valence-corrected chi connectivity index (χ1v) is 11.7. The summed E-state index contributed by atoms with van der Waals surface area (Å²) < 4.78 is 5.34. The normalized spacial score (nSPS) is 14.8. The van der Waals surface area contributed by atoms with Crippen LogP contribution >= 0.6 is 0 Å². The van der Waals surface area contributed by atoms with Gasteiger partial charge in [-0.2, -0.15) is 0 Å². The quantitative estimate of drug-likeness (QED) is 0.378. The molecule has 7 heteroatoms. The number of carbonyl (C=O) groups is 2. The van der Waals surface area contributed by atoms with Crippen LogP contribution in [0.15, 0.2) is 79.0 Å². The number of aromatic nitrogens is 1. The predicted octanol–water partition coefficient (Wildman–Crippen LogP) is 4.27. The van der Waals surface area contributed by atoms with Crippen LogP contribution in [0.5, 0.6) is 5.75 Å². The summed E-state index contributed by atoms with van der Waals surface area (Å²) in [5.74, 6) is 0.466. The van der Waals surface area contributed by atoms with Crippen molar-refractivity contribution >= 4 is 34.1 Å². The topological polar surface area (TPSA) is 86.5 Å². The van der Waals surface area contributed by atoms with Crippen LogP contribution in [0.1, 0.15) is 24.0 Å². The molecule has 7 nitrogen and oxygen atoms in total. The number of hydrogen-bond donors (Lipinski definition) is 3. The van der Waals surface area contributed by atoms with Crippen LogP contribution in [0.3, 0.4) is 0 Å². The van der Waals surface area contributed by atoms with E-state index in [1.807, 2.05) is 61.7 Å². The number of hydrogen-bond acceptors (Lipinski definition) is 4. The average molecular weight is 469 g/mol. The Morgan fingerprint density at radius 3 is 2.60 bits per heavy atom. The molecular formula is C28H28N4O3. The number of anilines is 2. The van der Waals surface area contributed by atoms with Gasteiger partial charge in [-0.05, 0) is 48.4 Å². The van der Waals surface area contributed by atoms with Crippen molar-refractivity contribution < 1.29 is 14.3 Å². The number of ether oxygens (including phenoxy) is 1. The summed E-state index contributed by atoms with van der Waals surface area (Å²) in [5.41, 5.74) is 4.71. The number of carbonyl (C=O) groups excluding carboxylic acids is 2. The molecule has 3 aromatic carbocycles. The Hall–Kier alpha value is -4.10. The van der Waals surface area contributed by atoms with Crippen LogP contribution in [0, 0.1) is 0 Å². The molecule has 2 heterocycles. The minimum atomic E-state index is -0.486. The first-order chi connectivity index (χ1) is 17.0. The Morgan fingerprint density at radius 2 is 1.80 bits per heavy atom. The third kappa shape index (κ3) is 4.50. The van der Waals surface area contributed by atoms with Crippen LogP contribution in [-0.4, -0.2) is 43.0 Å². The molecule has 0 radical (unpaired) electrons. The lowest BCUT2D eigenvalue weighted by molar-refractivity contribution is -0.123. The zero-order valence-corrected chi connectivity index (χ0v) is 19.7. The molecule has 3 N–H and O–H groups in total. The summed E-state index contributed by atoms with van der Waals surface area (Å²) in [7, 11) is 1.65. The first kappa shape index (κ1) is 22.7. The van der Waals surface area contributed by atoms with E-state index >= 15 is 0 Å². The third-order valence-electron chi connectivity index (χ3n) is 6.55. The van der Waals surface area contributed by atoms with Gasteiger partial charge in [0.05, 0.1) is 24.5 Å². The van der Waals surface area contributed by atoms with Crippen LogP contribution in [0.2, 0.25) is 0 Å². The molecule has 0 saturated carbocycles. The van der Waals surface area contributed by atoms with E-state index in [9.17, 15) is 9.59 Å². The molecule has 0 aliphatic carbocycles. The molecule has 0 unspecified atom stereocenters. The average Bonchev–Trinajstić information content (AvgIpc) is 3.32. The number of amides is 2. The van der Waals surface area contributed by atoms with Crippen LogP contribution in [0.25, 0.3) is 10.9 Å². The van der Waals surface area contributed by atoms with Gasteiger partial charge < -0.3 is 20.4 Å². The smallest absolute Gasteiger partial charge is 0.244 e. The summed E-state index contributed by atoms with van der Waals surface area (Å²) in [6.45, 7) is 2.40. The highest BCUT2D eigenvalue weighted by atomic mass is 16.5. The van der Waals surface area contributed by atoms with Crippen molar-refractivity contribution in [3.05, 3.63) is 90.1 Å². The Kier molecular flexibility index (Phi) is 6.25. The zero-order valence-electron chi connectivity index (χ0n) is 19.7. The number of nitrogens with zero attached hydrogens (tertiary/aromatic N) is 1. The summed E-state index contributed by atoms with van der Waals surface area (Å²) in [6.07, 6.45) is 2.04. The van der Waals surface area contributed by atoms with E-state index in [1.54, 1.807) is 12.0 Å². The van der Waals surface area contributed by atoms with Crippen molar-refractivity contribution in [2.24, 2.45) is 0 Å². The molecule has 0 spiro atoms. The highest BCUT2D eigenvalue weighted by Gasteiger charge is 2.30. The van der Waals surface area contributed by atoms with Gasteiger partial charge in [-0.3, -0.25) is 14.5 Å². The lowest BCUT2D eigenvalue weighted by Crippen LogP contribution is -2.50. The van der Waals surface area contributed by atoms with Gasteiger partial charge in [0.1, 0.15) is 12.3 Å². The highest BCUT2D eigenvalue weighted by molar-refractivity contribution is 6.11. The molecule has 35 heavy (non-hydrogen) atoms. The van der Waals surface area contributed by atoms with Crippen LogP contribution < -0.4 is 20.3 Å². The van der Waals surface area contributed by atoms with Gasteiger partial charge in [-0.25, -0.2) is 0 Å². The molecular weight excluding hydrogens is 440 g/mol. The summed E-state index contributed by atoms with van der Waals surface area (Å²) in [6, 6.07) is 23.1. The first-order valence-electron chi connectivity index (χ1n) is 11.7. The maximum atomic E-state index is 13.4. The molecule has 1 aromatic heterocycles. The fraction of sp³-hybridized carbons (Fsp3) is 0.214. The fourth-order valence-corrected chi connectivity index (χ4v) is 4.67. The van der Waals surface area contributed by atoms with Crippen molar-refractivity contribution in [2.45, 2.75) is 18.9 Å². The summed E-state index contributed by atoms with van der Waals surface area (Å²) in [5, 5.41) is 7.42. The minimum absolute atomic E-state index is 0.00393. The molecule has 1 aliphatic heterocycles. The van der Waals surface area contributed by atoms with Crippen molar-refractivity contribution in [1.82, 2.24) is 10.3 Å². The van der Waals surface area contributed by atoms with Gasteiger partial charge in [-0.1, -0.05) is 42.5 Å². The third-order valence-corrected chi connectivity index (χ3v) is 6.55. The second-order valence-corrected chi connectivity index (χ2v) is 8.73. The van der Waals surface area contributed by atoms with Crippen LogP contribution in [0.4, 0.5) is 11.4 Å². The molecule has 178 valence electrons. The molecule has 4 aromatic rings. The summed E-state index contributed by atoms with van der Waals surface area (Å²) in [4.78, 5) is 30.5. The number of aromatic amines is 1. The number of para-hydroxylation sites is 3. The zero-order chi connectivity index (χ0) is 24.4. The lowest BCUT2D eigenvalue weighted by atomic mass is 9.90. The molecule has 5 rings (SSSR count). The Morgan fingerprint density at radius 1 is 1.06 bits per heavy atom. The standard InChI is InChI=1S/C28H28N4O3/c1-18(28(34)32-17-27(33)31-25-9-5-6-10-26(25)32)29-15-22(19-11-13-20(35-2)14-12-19)23-16-30-24-8-4-3-7-21(23)24/h3-14,16,18,22,29-30H,15,17H2,1-2H3,(H,31,33)/t18-,22-/m1/s1. The molecule has 2 atom stereocenters. The number of benzene rings is 3. The van der Waals surface area contributed by atoms with Gasteiger partial charge in [0.2, 0.25) is 11.8 Å². The highest BCUT2D eigenvalue weighted by Crippen LogP contribution is 2.32. The van der Waals surface area contributed by atoms with E-state index in [0.717, 1.165) is 27.8 Å². The monoisotopic (exact) mass is 468 g/mol.